The molecule has 0 radical (unpaired) electrons. The zero-order valence-electron chi connectivity index (χ0n) is 9.67. The summed E-state index contributed by atoms with van der Waals surface area (Å²) in [5.41, 5.74) is 2.18. The van der Waals surface area contributed by atoms with E-state index in [1.54, 1.807) is 18.5 Å². The number of carbonyl (C=O) groups is 1. The van der Waals surface area contributed by atoms with Crippen LogP contribution in [-0.4, -0.2) is 17.4 Å². The van der Waals surface area contributed by atoms with Crippen LogP contribution in [0.15, 0.2) is 54.4 Å². The van der Waals surface area contributed by atoms with Crippen molar-refractivity contribution < 1.29 is 9.53 Å². The van der Waals surface area contributed by atoms with E-state index in [4.69, 9.17) is 4.74 Å². The minimum Gasteiger partial charge on any atom is -0.488 e. The van der Waals surface area contributed by atoms with Crippen LogP contribution >= 0.6 is 0 Å². The number of fused-ring (bicyclic) bond motifs is 1. The summed E-state index contributed by atoms with van der Waals surface area (Å²) in [6.07, 6.45) is 5.03. The van der Waals surface area contributed by atoms with E-state index in [1.807, 2.05) is 36.4 Å². The number of nitrogens with zero attached hydrogens (tertiary/aromatic N) is 1. The molecule has 0 saturated heterocycles. The fraction of sp³-hybridized carbons (Fsp3) is 0.0667. The fourth-order valence-corrected chi connectivity index (χ4v) is 1.93. The first-order valence-corrected chi connectivity index (χ1v) is 5.72. The van der Waals surface area contributed by atoms with E-state index in [0.29, 0.717) is 23.5 Å². The SMILES string of the molecule is O=C1/C(=C/c2ccccc2)COc2ccncc21. The van der Waals surface area contributed by atoms with Gasteiger partial charge < -0.3 is 4.74 Å². The second-order valence-corrected chi connectivity index (χ2v) is 4.07. The number of benzene rings is 1. The third kappa shape index (κ3) is 1.91. The maximum atomic E-state index is 12.2. The number of pyridine rings is 1. The molecule has 0 saturated carbocycles. The Bertz CT molecular complexity index is 617. The summed E-state index contributed by atoms with van der Waals surface area (Å²) in [7, 11) is 0. The molecule has 2 aromatic rings. The van der Waals surface area contributed by atoms with Crippen LogP contribution in [0.1, 0.15) is 15.9 Å². The van der Waals surface area contributed by atoms with E-state index in [1.165, 1.54) is 0 Å². The molecule has 0 amide bonds. The van der Waals surface area contributed by atoms with Gasteiger partial charge in [-0.05, 0) is 17.7 Å². The number of Topliss-reactive ketones (excluding diaryl/α,β-unsaturated/α-hetero) is 1. The van der Waals surface area contributed by atoms with E-state index in [-0.39, 0.29) is 5.78 Å². The summed E-state index contributed by atoms with van der Waals surface area (Å²) >= 11 is 0. The summed E-state index contributed by atoms with van der Waals surface area (Å²) in [5.74, 6) is 0.605. The molecule has 0 N–H and O–H groups in total. The molecule has 1 aromatic heterocycles. The van der Waals surface area contributed by atoms with E-state index in [2.05, 4.69) is 4.98 Å². The van der Waals surface area contributed by atoms with E-state index < -0.39 is 0 Å². The van der Waals surface area contributed by atoms with Crippen LogP contribution in [0.2, 0.25) is 0 Å². The van der Waals surface area contributed by atoms with Gasteiger partial charge in [0.15, 0.2) is 5.78 Å². The van der Waals surface area contributed by atoms with Gasteiger partial charge >= 0.3 is 0 Å². The van der Waals surface area contributed by atoms with Crippen molar-refractivity contribution in [2.24, 2.45) is 0 Å². The van der Waals surface area contributed by atoms with Crippen molar-refractivity contribution in [3.8, 4) is 5.75 Å². The Morgan fingerprint density at radius 1 is 1.17 bits per heavy atom. The van der Waals surface area contributed by atoms with E-state index >= 15 is 0 Å². The topological polar surface area (TPSA) is 39.2 Å². The summed E-state index contributed by atoms with van der Waals surface area (Å²) in [5, 5.41) is 0. The second-order valence-electron chi connectivity index (χ2n) is 4.07. The molecule has 88 valence electrons. The molecule has 0 aliphatic carbocycles. The standard InChI is InChI=1S/C15H11NO2/c17-15-12(8-11-4-2-1-3-5-11)10-18-14-6-7-16-9-13(14)15/h1-9H,10H2/b12-8+. The van der Waals surface area contributed by atoms with Crippen molar-refractivity contribution >= 4 is 11.9 Å². The lowest BCUT2D eigenvalue weighted by Crippen LogP contribution is -2.19. The molecule has 0 spiro atoms. The Morgan fingerprint density at radius 2 is 2.00 bits per heavy atom. The smallest absolute Gasteiger partial charge is 0.197 e. The minimum atomic E-state index is -0.00629. The molecule has 0 unspecified atom stereocenters. The van der Waals surface area contributed by atoms with Crippen LogP contribution in [0.5, 0.6) is 5.75 Å². The largest absolute Gasteiger partial charge is 0.488 e. The lowest BCUT2D eigenvalue weighted by molar-refractivity contribution is 0.100. The van der Waals surface area contributed by atoms with Crippen molar-refractivity contribution in [1.29, 1.82) is 0 Å². The quantitative estimate of drug-likeness (QED) is 0.716. The van der Waals surface area contributed by atoms with Gasteiger partial charge in [0.05, 0.1) is 5.56 Å². The second kappa shape index (κ2) is 4.45. The van der Waals surface area contributed by atoms with Gasteiger partial charge in [-0.1, -0.05) is 30.3 Å². The number of hydrogen-bond acceptors (Lipinski definition) is 3. The summed E-state index contributed by atoms with van der Waals surface area (Å²) < 4.78 is 5.55. The van der Waals surface area contributed by atoms with Crippen LogP contribution in [0.25, 0.3) is 6.08 Å². The highest BCUT2D eigenvalue weighted by Gasteiger charge is 2.22. The molecule has 3 nitrogen and oxygen atoms in total. The highest BCUT2D eigenvalue weighted by Crippen LogP contribution is 2.26. The zero-order chi connectivity index (χ0) is 12.4. The molecule has 3 rings (SSSR count). The van der Waals surface area contributed by atoms with Crippen LogP contribution in [0.3, 0.4) is 0 Å². The molecule has 0 bridgehead atoms. The van der Waals surface area contributed by atoms with Crippen molar-refractivity contribution in [1.82, 2.24) is 4.98 Å². The first kappa shape index (κ1) is 10.7. The predicted octanol–water partition coefficient (Wildman–Crippen LogP) is 2.74. The average Bonchev–Trinajstić information content (AvgIpc) is 2.43. The van der Waals surface area contributed by atoms with E-state index in [9.17, 15) is 4.79 Å². The van der Waals surface area contributed by atoms with Gasteiger partial charge in [0.25, 0.3) is 0 Å². The number of carbonyl (C=O) groups excluding carboxylic acids is 1. The van der Waals surface area contributed by atoms with Crippen LogP contribution in [-0.2, 0) is 0 Å². The molecule has 1 aromatic carbocycles. The highest BCUT2D eigenvalue weighted by atomic mass is 16.5. The molecule has 0 atom stereocenters. The van der Waals surface area contributed by atoms with Gasteiger partial charge in [-0.2, -0.15) is 0 Å². The van der Waals surface area contributed by atoms with Crippen LogP contribution < -0.4 is 4.74 Å². The normalized spacial score (nSPS) is 16.2. The van der Waals surface area contributed by atoms with Gasteiger partial charge in [-0.25, -0.2) is 0 Å². The average molecular weight is 237 g/mol. The molecule has 1 aliphatic rings. The maximum absolute atomic E-state index is 12.2. The minimum absolute atomic E-state index is 0.00629. The summed E-state index contributed by atoms with van der Waals surface area (Å²) in [6, 6.07) is 11.5. The molecule has 0 fully saturated rings. The maximum Gasteiger partial charge on any atom is 0.197 e. The monoisotopic (exact) mass is 237 g/mol. The Kier molecular flexibility index (Phi) is 2.65. The lowest BCUT2D eigenvalue weighted by atomic mass is 10.00. The summed E-state index contributed by atoms with van der Waals surface area (Å²) in [6.45, 7) is 0.310. The Morgan fingerprint density at radius 3 is 2.83 bits per heavy atom. The van der Waals surface area contributed by atoms with Gasteiger partial charge in [-0.3, -0.25) is 9.78 Å². The van der Waals surface area contributed by atoms with Gasteiger partial charge in [0, 0.05) is 18.0 Å². The van der Waals surface area contributed by atoms with E-state index in [0.717, 1.165) is 5.56 Å². The molecule has 1 aliphatic heterocycles. The third-order valence-electron chi connectivity index (χ3n) is 2.84. The zero-order valence-corrected chi connectivity index (χ0v) is 9.67. The Hall–Kier alpha value is -2.42. The van der Waals surface area contributed by atoms with Crippen molar-refractivity contribution in [2.75, 3.05) is 6.61 Å². The number of rotatable bonds is 1. The fourth-order valence-electron chi connectivity index (χ4n) is 1.93. The molecular formula is C15H11NO2. The highest BCUT2D eigenvalue weighted by molar-refractivity contribution is 6.13. The first-order valence-electron chi connectivity index (χ1n) is 5.72. The number of ketones is 1. The number of hydrogen-bond donors (Lipinski definition) is 0. The van der Waals surface area contributed by atoms with Crippen LogP contribution in [0, 0.1) is 0 Å². The first-order chi connectivity index (χ1) is 8.84. The van der Waals surface area contributed by atoms with Gasteiger partial charge in [-0.15, -0.1) is 0 Å². The number of aromatic nitrogens is 1. The van der Waals surface area contributed by atoms with Crippen molar-refractivity contribution in [3.63, 3.8) is 0 Å². The third-order valence-corrected chi connectivity index (χ3v) is 2.84. The predicted molar refractivity (Wildman–Crippen MR) is 68.5 cm³/mol. The molecular weight excluding hydrogens is 226 g/mol. The Balaban J connectivity index is 1.98. The molecule has 18 heavy (non-hydrogen) atoms. The van der Waals surface area contributed by atoms with Crippen LogP contribution in [0.4, 0.5) is 0 Å². The van der Waals surface area contributed by atoms with Crippen molar-refractivity contribution in [3.05, 3.63) is 65.5 Å². The van der Waals surface area contributed by atoms with Gasteiger partial charge in [0.1, 0.15) is 12.4 Å². The lowest BCUT2D eigenvalue weighted by Gasteiger charge is -2.17. The number of ether oxygens (including phenoxy) is 1. The molecule has 2 heterocycles. The summed E-state index contributed by atoms with van der Waals surface area (Å²) in [4.78, 5) is 16.2. The Labute approximate surface area is 105 Å². The van der Waals surface area contributed by atoms with Gasteiger partial charge in [0.2, 0.25) is 0 Å². The van der Waals surface area contributed by atoms with Crippen molar-refractivity contribution in [2.45, 2.75) is 0 Å². The molecule has 3 heteroatoms.